The van der Waals surface area contributed by atoms with Crippen LogP contribution in [0.4, 0.5) is 15.6 Å². The van der Waals surface area contributed by atoms with Crippen molar-refractivity contribution in [2.75, 3.05) is 50.1 Å². The van der Waals surface area contributed by atoms with Gasteiger partial charge in [-0.1, -0.05) is 29.5 Å². The Morgan fingerprint density at radius 1 is 1.10 bits per heavy atom. The number of fused-ring (bicyclic) bond motifs is 1. The minimum Gasteiger partial charge on any atom is -0.495 e. The van der Waals surface area contributed by atoms with Gasteiger partial charge < -0.3 is 24.6 Å². The number of amides is 2. The maximum absolute atomic E-state index is 12.6. The molecule has 0 unspecified atom stereocenters. The normalized spacial score (nSPS) is 14.1. The van der Waals surface area contributed by atoms with E-state index in [1.807, 2.05) is 48.2 Å². The van der Waals surface area contributed by atoms with Crippen molar-refractivity contribution in [3.8, 4) is 11.5 Å². The monoisotopic (exact) mass is 412 g/mol. The van der Waals surface area contributed by atoms with Crippen LogP contribution in [0.2, 0.25) is 0 Å². The average molecular weight is 413 g/mol. The Bertz CT molecular complexity index is 999. The van der Waals surface area contributed by atoms with E-state index in [2.05, 4.69) is 16.3 Å². The van der Waals surface area contributed by atoms with Crippen molar-refractivity contribution in [1.29, 1.82) is 0 Å². The smallest absolute Gasteiger partial charge is 0.322 e. The van der Waals surface area contributed by atoms with Crippen molar-refractivity contribution in [2.45, 2.75) is 6.92 Å². The predicted molar refractivity (Wildman–Crippen MR) is 117 cm³/mol. The number of nitrogens with one attached hydrogen (secondary N) is 1. The minimum atomic E-state index is -0.114. The van der Waals surface area contributed by atoms with Crippen LogP contribution in [-0.4, -0.2) is 55.8 Å². The summed E-state index contributed by atoms with van der Waals surface area (Å²) in [5, 5.41) is 3.91. The third-order valence-electron chi connectivity index (χ3n) is 4.86. The van der Waals surface area contributed by atoms with Crippen LogP contribution in [0.5, 0.6) is 11.5 Å². The molecule has 1 aliphatic heterocycles. The number of piperazine rings is 1. The van der Waals surface area contributed by atoms with Gasteiger partial charge in [-0.05, 0) is 31.2 Å². The van der Waals surface area contributed by atoms with E-state index in [9.17, 15) is 4.79 Å². The molecule has 4 rings (SSSR count). The van der Waals surface area contributed by atoms with Gasteiger partial charge in [0.15, 0.2) is 5.13 Å². The summed E-state index contributed by atoms with van der Waals surface area (Å²) in [6.07, 6.45) is 0. The first kappa shape index (κ1) is 19.3. The summed E-state index contributed by atoms with van der Waals surface area (Å²) < 4.78 is 12.1. The van der Waals surface area contributed by atoms with E-state index >= 15 is 0 Å². The number of hydrogen-bond acceptors (Lipinski definition) is 6. The van der Waals surface area contributed by atoms with E-state index in [4.69, 9.17) is 14.5 Å². The number of methoxy groups -OCH3 is 1. The molecule has 29 heavy (non-hydrogen) atoms. The molecule has 0 radical (unpaired) electrons. The fraction of sp³-hybridized carbons (Fsp3) is 0.333. The SMILES string of the molecule is CCOc1cccc2sc(N3CCN(C(=O)Nc4ccccc4OC)CC3)nc12. The number of hydrogen-bond donors (Lipinski definition) is 1. The number of nitrogens with zero attached hydrogens (tertiary/aromatic N) is 3. The highest BCUT2D eigenvalue weighted by atomic mass is 32.1. The Labute approximate surface area is 173 Å². The van der Waals surface area contributed by atoms with Crippen molar-refractivity contribution in [3.05, 3.63) is 42.5 Å². The Kier molecular flexibility index (Phi) is 5.71. The number of rotatable bonds is 5. The molecule has 1 aromatic heterocycles. The molecule has 1 saturated heterocycles. The van der Waals surface area contributed by atoms with Crippen LogP contribution >= 0.6 is 11.3 Å². The number of ether oxygens (including phenoxy) is 2. The lowest BCUT2D eigenvalue weighted by molar-refractivity contribution is 0.208. The highest BCUT2D eigenvalue weighted by Crippen LogP contribution is 2.34. The highest BCUT2D eigenvalue weighted by molar-refractivity contribution is 7.22. The second-order valence-electron chi connectivity index (χ2n) is 6.64. The summed E-state index contributed by atoms with van der Waals surface area (Å²) in [6, 6.07) is 13.3. The number of anilines is 2. The summed E-state index contributed by atoms with van der Waals surface area (Å²) in [5.74, 6) is 1.47. The molecule has 1 fully saturated rings. The number of carbonyl (C=O) groups is 1. The van der Waals surface area contributed by atoms with E-state index < -0.39 is 0 Å². The van der Waals surface area contributed by atoms with Gasteiger partial charge >= 0.3 is 6.03 Å². The van der Waals surface area contributed by atoms with Crippen molar-refractivity contribution in [1.82, 2.24) is 9.88 Å². The van der Waals surface area contributed by atoms with Crippen molar-refractivity contribution in [2.24, 2.45) is 0 Å². The first-order valence-corrected chi connectivity index (χ1v) is 10.5. The van der Waals surface area contributed by atoms with Crippen LogP contribution in [0, 0.1) is 0 Å². The lowest BCUT2D eigenvalue weighted by Crippen LogP contribution is -2.50. The van der Waals surface area contributed by atoms with Crippen LogP contribution in [0.25, 0.3) is 10.2 Å². The Morgan fingerprint density at radius 2 is 1.86 bits per heavy atom. The van der Waals surface area contributed by atoms with Gasteiger partial charge in [-0.25, -0.2) is 9.78 Å². The maximum Gasteiger partial charge on any atom is 0.322 e. The second kappa shape index (κ2) is 8.57. The maximum atomic E-state index is 12.6. The molecule has 0 aliphatic carbocycles. The minimum absolute atomic E-state index is 0.114. The average Bonchev–Trinajstić information content (AvgIpc) is 3.20. The second-order valence-corrected chi connectivity index (χ2v) is 7.65. The van der Waals surface area contributed by atoms with Gasteiger partial charge in [0.25, 0.3) is 0 Å². The molecule has 0 bridgehead atoms. The van der Waals surface area contributed by atoms with Gasteiger partial charge in [-0.15, -0.1) is 0 Å². The third kappa shape index (κ3) is 4.07. The molecule has 0 spiro atoms. The van der Waals surface area contributed by atoms with Gasteiger partial charge in [0, 0.05) is 26.2 Å². The van der Waals surface area contributed by atoms with Gasteiger partial charge in [0.1, 0.15) is 17.0 Å². The quantitative estimate of drug-likeness (QED) is 0.685. The molecule has 2 heterocycles. The lowest BCUT2D eigenvalue weighted by Gasteiger charge is -2.34. The summed E-state index contributed by atoms with van der Waals surface area (Å²) in [7, 11) is 1.60. The van der Waals surface area contributed by atoms with Crippen LogP contribution in [0.3, 0.4) is 0 Å². The fourth-order valence-corrected chi connectivity index (χ4v) is 4.40. The number of carbonyl (C=O) groups excluding carboxylic acids is 1. The highest BCUT2D eigenvalue weighted by Gasteiger charge is 2.24. The molecule has 152 valence electrons. The third-order valence-corrected chi connectivity index (χ3v) is 5.94. The number of benzene rings is 2. The zero-order chi connectivity index (χ0) is 20.2. The molecule has 8 heteroatoms. The van der Waals surface area contributed by atoms with Crippen LogP contribution < -0.4 is 19.7 Å². The van der Waals surface area contributed by atoms with Crippen LogP contribution in [-0.2, 0) is 0 Å². The van der Waals surface area contributed by atoms with Gasteiger partial charge in [-0.2, -0.15) is 0 Å². The van der Waals surface area contributed by atoms with Gasteiger partial charge in [0.05, 0.1) is 24.1 Å². The van der Waals surface area contributed by atoms with Crippen LogP contribution in [0.1, 0.15) is 6.92 Å². The first-order chi connectivity index (χ1) is 14.2. The molecule has 1 N–H and O–H groups in total. The van der Waals surface area contributed by atoms with E-state index in [0.29, 0.717) is 31.1 Å². The molecule has 1 aliphatic rings. The number of urea groups is 1. The zero-order valence-corrected chi connectivity index (χ0v) is 17.4. The summed E-state index contributed by atoms with van der Waals surface area (Å²) >= 11 is 1.66. The summed E-state index contributed by atoms with van der Waals surface area (Å²) in [4.78, 5) is 21.5. The largest absolute Gasteiger partial charge is 0.495 e. The number of aromatic nitrogens is 1. The Morgan fingerprint density at radius 3 is 2.62 bits per heavy atom. The molecule has 0 saturated carbocycles. The van der Waals surface area contributed by atoms with Crippen molar-refractivity contribution in [3.63, 3.8) is 0 Å². The van der Waals surface area contributed by atoms with E-state index in [1.165, 1.54) is 0 Å². The fourth-order valence-electron chi connectivity index (χ4n) is 3.36. The number of thiazole rings is 1. The Balaban J connectivity index is 1.41. The molecule has 2 aromatic carbocycles. The van der Waals surface area contributed by atoms with Crippen molar-refractivity contribution < 1.29 is 14.3 Å². The standard InChI is InChI=1S/C21H24N4O3S/c1-3-28-17-9-6-10-18-19(17)23-21(29-18)25-13-11-24(12-14-25)20(26)22-15-7-4-5-8-16(15)27-2/h4-10H,3,11-14H2,1-2H3,(H,22,26). The first-order valence-electron chi connectivity index (χ1n) is 9.66. The van der Waals surface area contributed by atoms with E-state index in [1.54, 1.807) is 18.4 Å². The molecule has 2 amide bonds. The van der Waals surface area contributed by atoms with Gasteiger partial charge in [0.2, 0.25) is 0 Å². The van der Waals surface area contributed by atoms with E-state index in [-0.39, 0.29) is 6.03 Å². The zero-order valence-electron chi connectivity index (χ0n) is 16.6. The van der Waals surface area contributed by atoms with E-state index in [0.717, 1.165) is 34.2 Å². The van der Waals surface area contributed by atoms with Crippen molar-refractivity contribution >= 4 is 38.4 Å². The summed E-state index contributed by atoms with van der Waals surface area (Å²) in [5.41, 5.74) is 1.59. The summed E-state index contributed by atoms with van der Waals surface area (Å²) in [6.45, 7) is 5.34. The number of para-hydroxylation sites is 3. The molecule has 7 nitrogen and oxygen atoms in total. The topological polar surface area (TPSA) is 66.9 Å². The predicted octanol–water partition coefficient (Wildman–Crippen LogP) is 4.06. The molecule has 0 atom stereocenters. The van der Waals surface area contributed by atoms with Gasteiger partial charge in [-0.3, -0.25) is 0 Å². The lowest BCUT2D eigenvalue weighted by atomic mass is 10.3. The molecular weight excluding hydrogens is 388 g/mol. The molecule has 3 aromatic rings. The Hall–Kier alpha value is -3.00. The van der Waals surface area contributed by atoms with Crippen LogP contribution in [0.15, 0.2) is 42.5 Å². The molecular formula is C21H24N4O3S.